The highest BCUT2D eigenvalue weighted by Crippen LogP contribution is 2.19. The van der Waals surface area contributed by atoms with E-state index in [1.165, 1.54) is 12.1 Å². The summed E-state index contributed by atoms with van der Waals surface area (Å²) in [6.45, 7) is 11.4. The van der Waals surface area contributed by atoms with Crippen LogP contribution < -0.4 is 10.6 Å². The van der Waals surface area contributed by atoms with Gasteiger partial charge in [-0.3, -0.25) is 9.59 Å². The van der Waals surface area contributed by atoms with Crippen LogP contribution in [0.15, 0.2) is 66.7 Å². The minimum atomic E-state index is -1.12. The first-order valence-electron chi connectivity index (χ1n) is 16.2. The van der Waals surface area contributed by atoms with E-state index in [4.69, 9.17) is 0 Å². The number of rotatable bonds is 15. The fourth-order valence-electron chi connectivity index (χ4n) is 5.83. The Kier molecular flexibility index (Phi) is 12.4. The molecule has 0 unspecified atom stereocenters. The van der Waals surface area contributed by atoms with Crippen molar-refractivity contribution in [3.63, 3.8) is 0 Å². The van der Waals surface area contributed by atoms with Gasteiger partial charge in [-0.2, -0.15) is 5.10 Å². The third kappa shape index (κ3) is 9.33. The summed E-state index contributed by atoms with van der Waals surface area (Å²) in [5.74, 6) is -2.14. The average molecular weight is 646 g/mol. The van der Waals surface area contributed by atoms with Crippen LogP contribution in [-0.4, -0.2) is 63.4 Å². The summed E-state index contributed by atoms with van der Waals surface area (Å²) in [5, 5.41) is 22.2. The zero-order valence-corrected chi connectivity index (χ0v) is 27.8. The van der Waals surface area contributed by atoms with Crippen molar-refractivity contribution in [3.05, 3.63) is 118 Å². The van der Waals surface area contributed by atoms with E-state index in [9.17, 15) is 23.5 Å². The molecular weight excluding hydrogens is 600 g/mol. The fourth-order valence-corrected chi connectivity index (χ4v) is 5.83. The van der Waals surface area contributed by atoms with Crippen molar-refractivity contribution in [2.75, 3.05) is 19.6 Å². The van der Waals surface area contributed by atoms with Gasteiger partial charge < -0.3 is 20.6 Å². The minimum absolute atomic E-state index is 0.0222. The van der Waals surface area contributed by atoms with Gasteiger partial charge in [0.25, 0.3) is 11.8 Å². The normalized spacial score (nSPS) is 12.5. The Balaban J connectivity index is 1.53. The molecule has 250 valence electrons. The predicted octanol–water partition coefficient (Wildman–Crippen LogP) is 5.83. The Morgan fingerprint density at radius 1 is 0.915 bits per heavy atom. The number of carbonyl (C=O) groups excluding carboxylic acids is 2. The van der Waals surface area contributed by atoms with Crippen LogP contribution in [0.3, 0.4) is 0 Å². The molecule has 8 nitrogen and oxygen atoms in total. The van der Waals surface area contributed by atoms with Crippen LogP contribution in [0.2, 0.25) is 0 Å². The smallest absolute Gasteiger partial charge is 0.253 e. The quantitative estimate of drug-likeness (QED) is 0.151. The molecular formula is C37H45F2N5O3. The van der Waals surface area contributed by atoms with E-state index in [0.717, 1.165) is 47.1 Å². The molecule has 0 aliphatic heterocycles. The van der Waals surface area contributed by atoms with Crippen LogP contribution in [0.25, 0.3) is 5.69 Å². The Morgan fingerprint density at radius 3 is 2.19 bits per heavy atom. The lowest BCUT2D eigenvalue weighted by Gasteiger charge is -2.25. The lowest BCUT2D eigenvalue weighted by Crippen LogP contribution is -2.48. The van der Waals surface area contributed by atoms with Crippen molar-refractivity contribution < 1.29 is 23.5 Å². The van der Waals surface area contributed by atoms with Crippen LogP contribution >= 0.6 is 0 Å². The molecule has 3 N–H and O–H groups in total. The maximum atomic E-state index is 14.1. The Bertz CT molecular complexity index is 1650. The molecule has 0 spiro atoms. The highest BCUT2D eigenvalue weighted by molar-refractivity contribution is 6.00. The second-order valence-corrected chi connectivity index (χ2v) is 12.0. The Morgan fingerprint density at radius 2 is 1.55 bits per heavy atom. The van der Waals surface area contributed by atoms with Crippen molar-refractivity contribution in [2.24, 2.45) is 0 Å². The monoisotopic (exact) mass is 645 g/mol. The van der Waals surface area contributed by atoms with Crippen molar-refractivity contribution in [1.82, 2.24) is 25.3 Å². The van der Waals surface area contributed by atoms with Crippen molar-refractivity contribution >= 4 is 11.8 Å². The van der Waals surface area contributed by atoms with Gasteiger partial charge in [-0.15, -0.1) is 0 Å². The summed E-state index contributed by atoms with van der Waals surface area (Å²) in [7, 11) is 0. The van der Waals surface area contributed by atoms with Crippen LogP contribution in [0, 0.1) is 32.4 Å². The van der Waals surface area contributed by atoms with Crippen LogP contribution in [0.5, 0.6) is 0 Å². The molecule has 2 atom stereocenters. The van der Waals surface area contributed by atoms with Crippen LogP contribution in [-0.2, 0) is 13.0 Å². The molecule has 10 heteroatoms. The van der Waals surface area contributed by atoms with Gasteiger partial charge in [-0.05, 0) is 93.6 Å². The van der Waals surface area contributed by atoms with Gasteiger partial charge in [-0.25, -0.2) is 13.5 Å². The molecule has 1 heterocycles. The molecule has 1 aromatic heterocycles. The number of para-hydroxylation sites is 1. The predicted molar refractivity (Wildman–Crippen MR) is 180 cm³/mol. The number of hydrogen-bond donors (Lipinski definition) is 3. The number of benzene rings is 3. The standard InChI is InChI=1S/C37H45F2N5O3/c1-6-13-43(14-7-2)37(47)29-16-24(3)15-28(20-29)36(46)41-34(19-27-17-30(38)21-31(39)18-27)35(45)23-40-22-33-25(4)42-44(26(33)5)32-11-9-8-10-12-32/h8-12,15-18,20-21,34-35,40,45H,6-7,13-14,19,22-23H2,1-5H3,(H,41,46)/t34-,35+/m0/s1. The molecule has 0 saturated heterocycles. The number of nitrogens with one attached hydrogen (secondary N) is 2. The summed E-state index contributed by atoms with van der Waals surface area (Å²) >= 11 is 0. The van der Waals surface area contributed by atoms with E-state index in [1.54, 1.807) is 23.1 Å². The van der Waals surface area contributed by atoms with Crippen molar-refractivity contribution in [1.29, 1.82) is 0 Å². The van der Waals surface area contributed by atoms with Gasteiger partial charge in [0.15, 0.2) is 0 Å². The third-order valence-corrected chi connectivity index (χ3v) is 8.12. The van der Waals surface area contributed by atoms with Crippen molar-refractivity contribution in [3.8, 4) is 5.69 Å². The van der Waals surface area contributed by atoms with Gasteiger partial charge in [-0.1, -0.05) is 32.0 Å². The second-order valence-electron chi connectivity index (χ2n) is 12.0. The van der Waals surface area contributed by atoms with Crippen LogP contribution in [0.4, 0.5) is 8.78 Å². The molecule has 2 amide bonds. The highest BCUT2D eigenvalue weighted by atomic mass is 19.1. The average Bonchev–Trinajstić information content (AvgIpc) is 3.32. The number of aryl methyl sites for hydroxylation is 2. The number of halogens is 2. The molecule has 4 rings (SSSR count). The molecule has 0 radical (unpaired) electrons. The lowest BCUT2D eigenvalue weighted by atomic mass is 9.99. The van der Waals surface area contributed by atoms with E-state index >= 15 is 0 Å². The maximum absolute atomic E-state index is 14.1. The van der Waals surface area contributed by atoms with Gasteiger partial charge >= 0.3 is 0 Å². The molecule has 0 bridgehead atoms. The van der Waals surface area contributed by atoms with Gasteiger partial charge in [0, 0.05) is 54.6 Å². The van der Waals surface area contributed by atoms with E-state index in [2.05, 4.69) is 15.7 Å². The number of carbonyl (C=O) groups is 2. The van der Waals surface area contributed by atoms with E-state index in [-0.39, 0.29) is 30.0 Å². The van der Waals surface area contributed by atoms with Gasteiger partial charge in [0.1, 0.15) is 11.6 Å². The van der Waals surface area contributed by atoms with E-state index in [0.29, 0.717) is 25.2 Å². The molecule has 0 fully saturated rings. The van der Waals surface area contributed by atoms with Gasteiger partial charge in [0.05, 0.1) is 23.5 Å². The number of aliphatic hydroxyl groups is 1. The summed E-state index contributed by atoms with van der Waals surface area (Å²) in [4.78, 5) is 28.7. The number of aromatic nitrogens is 2. The SMILES string of the molecule is CCCN(CCC)C(=O)c1cc(C)cc(C(=O)N[C@@H](Cc2cc(F)cc(F)c2)[C@H](O)CNCc2c(C)nn(-c3ccccc3)c2C)c1. The molecule has 0 saturated carbocycles. The fraction of sp³-hybridized carbons (Fsp3) is 0.378. The lowest BCUT2D eigenvalue weighted by molar-refractivity contribution is 0.0755. The topological polar surface area (TPSA) is 99.5 Å². The summed E-state index contributed by atoms with van der Waals surface area (Å²) in [5.41, 5.74) is 5.41. The molecule has 47 heavy (non-hydrogen) atoms. The second kappa shape index (κ2) is 16.4. The number of aliphatic hydroxyl groups excluding tert-OH is 1. The molecule has 0 aliphatic carbocycles. The highest BCUT2D eigenvalue weighted by Gasteiger charge is 2.25. The Labute approximate surface area is 275 Å². The summed E-state index contributed by atoms with van der Waals surface area (Å²) in [6, 6.07) is 17.0. The minimum Gasteiger partial charge on any atom is -0.390 e. The number of amides is 2. The largest absolute Gasteiger partial charge is 0.390 e. The van der Waals surface area contributed by atoms with Crippen LogP contribution in [0.1, 0.15) is 75.5 Å². The zero-order valence-electron chi connectivity index (χ0n) is 27.8. The van der Waals surface area contributed by atoms with E-state index < -0.39 is 29.7 Å². The van der Waals surface area contributed by atoms with Gasteiger partial charge in [0.2, 0.25) is 0 Å². The first kappa shape index (κ1) is 35.4. The molecule has 4 aromatic rings. The summed E-state index contributed by atoms with van der Waals surface area (Å²) < 4.78 is 30.1. The third-order valence-electron chi connectivity index (χ3n) is 8.12. The first-order valence-corrected chi connectivity index (χ1v) is 16.2. The van der Waals surface area contributed by atoms with E-state index in [1.807, 2.05) is 69.6 Å². The molecule has 0 aliphatic rings. The molecule has 3 aromatic carbocycles. The maximum Gasteiger partial charge on any atom is 0.253 e. The Hall–Kier alpha value is -4.41. The zero-order chi connectivity index (χ0) is 34.1. The number of hydrogen-bond acceptors (Lipinski definition) is 5. The first-order chi connectivity index (χ1) is 22.5. The summed E-state index contributed by atoms with van der Waals surface area (Å²) in [6.07, 6.45) is 0.484. The van der Waals surface area contributed by atoms with Crippen molar-refractivity contribution in [2.45, 2.75) is 72.6 Å². The number of nitrogens with zero attached hydrogens (tertiary/aromatic N) is 3.